The van der Waals surface area contributed by atoms with E-state index < -0.39 is 0 Å². The van der Waals surface area contributed by atoms with Crippen LogP contribution in [0.3, 0.4) is 0 Å². The molecular formula is C15H24FNO. The molecule has 18 heavy (non-hydrogen) atoms. The molecule has 102 valence electrons. The summed E-state index contributed by atoms with van der Waals surface area (Å²) in [5.41, 5.74) is 0.686. The molecule has 0 bridgehead atoms. The Kier molecular flexibility index (Phi) is 5.60. The van der Waals surface area contributed by atoms with Crippen LogP contribution in [0.4, 0.5) is 4.39 Å². The Hall–Kier alpha value is -1.09. The fraction of sp³-hybridized carbons (Fsp3) is 0.600. The molecule has 0 saturated heterocycles. The summed E-state index contributed by atoms with van der Waals surface area (Å²) in [5, 5.41) is 3.42. The Bertz CT molecular complexity index is 379. The largest absolute Gasteiger partial charge is 0.497 e. The average Bonchev–Trinajstić information content (AvgIpc) is 2.27. The van der Waals surface area contributed by atoms with Gasteiger partial charge in [0.15, 0.2) is 0 Å². The third-order valence-corrected chi connectivity index (χ3v) is 3.03. The first-order chi connectivity index (χ1) is 8.43. The van der Waals surface area contributed by atoms with Crippen LogP contribution < -0.4 is 10.1 Å². The number of halogens is 1. The summed E-state index contributed by atoms with van der Waals surface area (Å²) in [6.45, 7) is 8.51. The van der Waals surface area contributed by atoms with Crippen LogP contribution in [0.15, 0.2) is 18.2 Å². The van der Waals surface area contributed by atoms with E-state index in [1.54, 1.807) is 19.2 Å². The number of rotatable bonds is 6. The predicted octanol–water partition coefficient (Wildman–Crippen LogP) is 3.92. The van der Waals surface area contributed by atoms with E-state index in [0.29, 0.717) is 23.3 Å². The van der Waals surface area contributed by atoms with Crippen molar-refractivity contribution in [3.8, 4) is 5.75 Å². The lowest BCUT2D eigenvalue weighted by atomic mass is 10.0. The molecule has 0 amide bonds. The lowest BCUT2D eigenvalue weighted by molar-refractivity contribution is 0.395. The van der Waals surface area contributed by atoms with Gasteiger partial charge in [-0.3, -0.25) is 0 Å². The molecule has 2 unspecified atom stereocenters. The first-order valence-electron chi connectivity index (χ1n) is 6.53. The molecule has 0 saturated carbocycles. The fourth-order valence-electron chi connectivity index (χ4n) is 2.28. The molecule has 2 atom stereocenters. The van der Waals surface area contributed by atoms with Gasteiger partial charge < -0.3 is 10.1 Å². The summed E-state index contributed by atoms with van der Waals surface area (Å²) in [6.07, 6.45) is 1.09. The topological polar surface area (TPSA) is 21.3 Å². The Labute approximate surface area is 110 Å². The van der Waals surface area contributed by atoms with Crippen molar-refractivity contribution in [2.45, 2.75) is 46.2 Å². The van der Waals surface area contributed by atoms with E-state index in [4.69, 9.17) is 4.74 Å². The smallest absolute Gasteiger partial charge is 0.131 e. The first-order valence-corrected chi connectivity index (χ1v) is 6.53. The van der Waals surface area contributed by atoms with Crippen molar-refractivity contribution < 1.29 is 9.13 Å². The van der Waals surface area contributed by atoms with Crippen LogP contribution in [0.1, 0.15) is 45.7 Å². The zero-order chi connectivity index (χ0) is 13.7. The third kappa shape index (κ3) is 4.30. The molecule has 0 aliphatic carbocycles. The highest BCUT2D eigenvalue weighted by Crippen LogP contribution is 2.22. The first kappa shape index (κ1) is 15.0. The summed E-state index contributed by atoms with van der Waals surface area (Å²) >= 11 is 0. The maximum Gasteiger partial charge on any atom is 0.131 e. The zero-order valence-electron chi connectivity index (χ0n) is 12.0. The molecule has 1 aromatic carbocycles. The van der Waals surface area contributed by atoms with Crippen molar-refractivity contribution in [1.29, 1.82) is 0 Å². The van der Waals surface area contributed by atoms with Crippen molar-refractivity contribution in [2.75, 3.05) is 7.11 Å². The molecule has 1 rings (SSSR count). The summed E-state index contributed by atoms with van der Waals surface area (Å²) < 4.78 is 18.9. The average molecular weight is 253 g/mol. The zero-order valence-corrected chi connectivity index (χ0v) is 12.0. The van der Waals surface area contributed by atoms with E-state index in [0.717, 1.165) is 6.42 Å². The minimum Gasteiger partial charge on any atom is -0.497 e. The van der Waals surface area contributed by atoms with E-state index in [9.17, 15) is 4.39 Å². The molecule has 2 nitrogen and oxygen atoms in total. The second kappa shape index (κ2) is 6.74. The summed E-state index contributed by atoms with van der Waals surface area (Å²) in [5.74, 6) is 0.977. The normalized spacial score (nSPS) is 14.6. The van der Waals surface area contributed by atoms with E-state index >= 15 is 0 Å². The molecule has 0 radical (unpaired) electrons. The molecular weight excluding hydrogens is 229 g/mol. The SMILES string of the molecule is COc1ccc(C(C)NC(C)CC(C)C)c(F)c1. The highest BCUT2D eigenvalue weighted by atomic mass is 19.1. The van der Waals surface area contributed by atoms with Gasteiger partial charge in [0.25, 0.3) is 0 Å². The Morgan fingerprint density at radius 1 is 1.22 bits per heavy atom. The second-order valence-corrected chi connectivity index (χ2v) is 5.31. The van der Waals surface area contributed by atoms with Crippen molar-refractivity contribution >= 4 is 0 Å². The molecule has 0 aliphatic heterocycles. The molecule has 0 fully saturated rings. The molecule has 0 spiro atoms. The summed E-state index contributed by atoms with van der Waals surface area (Å²) in [4.78, 5) is 0. The second-order valence-electron chi connectivity index (χ2n) is 5.31. The van der Waals surface area contributed by atoms with Crippen LogP contribution in [0.25, 0.3) is 0 Å². The number of nitrogens with one attached hydrogen (secondary N) is 1. The van der Waals surface area contributed by atoms with Crippen LogP contribution in [0.2, 0.25) is 0 Å². The van der Waals surface area contributed by atoms with E-state index in [1.807, 2.05) is 6.92 Å². The highest BCUT2D eigenvalue weighted by molar-refractivity contribution is 5.30. The van der Waals surface area contributed by atoms with Crippen molar-refractivity contribution in [3.63, 3.8) is 0 Å². The molecule has 3 heteroatoms. The maximum absolute atomic E-state index is 13.9. The highest BCUT2D eigenvalue weighted by Gasteiger charge is 2.14. The number of hydrogen-bond acceptors (Lipinski definition) is 2. The Balaban J connectivity index is 2.69. The van der Waals surface area contributed by atoms with Gasteiger partial charge in [0, 0.05) is 23.7 Å². The quantitative estimate of drug-likeness (QED) is 0.829. The van der Waals surface area contributed by atoms with Gasteiger partial charge in [0.2, 0.25) is 0 Å². The van der Waals surface area contributed by atoms with Crippen LogP contribution in [-0.4, -0.2) is 13.2 Å². The Morgan fingerprint density at radius 2 is 1.89 bits per heavy atom. The maximum atomic E-state index is 13.9. The van der Waals surface area contributed by atoms with Gasteiger partial charge in [-0.25, -0.2) is 4.39 Å². The lowest BCUT2D eigenvalue weighted by Gasteiger charge is -2.22. The monoisotopic (exact) mass is 253 g/mol. The molecule has 1 N–H and O–H groups in total. The van der Waals surface area contributed by atoms with Gasteiger partial charge >= 0.3 is 0 Å². The molecule has 0 heterocycles. The van der Waals surface area contributed by atoms with Gasteiger partial charge in [-0.15, -0.1) is 0 Å². The van der Waals surface area contributed by atoms with Crippen LogP contribution in [-0.2, 0) is 0 Å². The molecule has 0 aliphatic rings. The van der Waals surface area contributed by atoms with Gasteiger partial charge in [-0.2, -0.15) is 0 Å². The number of hydrogen-bond donors (Lipinski definition) is 1. The van der Waals surface area contributed by atoms with E-state index in [-0.39, 0.29) is 11.9 Å². The van der Waals surface area contributed by atoms with Gasteiger partial charge in [-0.1, -0.05) is 19.9 Å². The van der Waals surface area contributed by atoms with Gasteiger partial charge in [0.05, 0.1) is 7.11 Å². The minimum atomic E-state index is -0.217. The van der Waals surface area contributed by atoms with Gasteiger partial charge in [-0.05, 0) is 32.3 Å². The number of ether oxygens (including phenoxy) is 1. The van der Waals surface area contributed by atoms with Crippen molar-refractivity contribution in [2.24, 2.45) is 5.92 Å². The fourth-order valence-corrected chi connectivity index (χ4v) is 2.28. The summed E-state index contributed by atoms with van der Waals surface area (Å²) in [7, 11) is 1.54. The van der Waals surface area contributed by atoms with Crippen molar-refractivity contribution in [3.05, 3.63) is 29.6 Å². The standard InChI is InChI=1S/C15H24FNO/c1-10(2)8-11(3)17-12(4)14-7-6-13(18-5)9-15(14)16/h6-7,9-12,17H,8H2,1-5H3. The molecule has 0 aromatic heterocycles. The number of benzene rings is 1. The third-order valence-electron chi connectivity index (χ3n) is 3.03. The number of methoxy groups -OCH3 is 1. The van der Waals surface area contributed by atoms with Crippen molar-refractivity contribution in [1.82, 2.24) is 5.32 Å². The van der Waals surface area contributed by atoms with E-state index in [1.165, 1.54) is 6.07 Å². The van der Waals surface area contributed by atoms with Crippen LogP contribution in [0, 0.1) is 11.7 Å². The predicted molar refractivity (Wildman–Crippen MR) is 73.4 cm³/mol. The molecule has 1 aromatic rings. The van der Waals surface area contributed by atoms with Crippen LogP contribution in [0.5, 0.6) is 5.75 Å². The summed E-state index contributed by atoms with van der Waals surface area (Å²) in [6, 6.07) is 5.39. The van der Waals surface area contributed by atoms with E-state index in [2.05, 4.69) is 26.1 Å². The van der Waals surface area contributed by atoms with Crippen LogP contribution >= 0.6 is 0 Å². The minimum absolute atomic E-state index is 0.00431. The Morgan fingerprint density at radius 3 is 2.39 bits per heavy atom. The van der Waals surface area contributed by atoms with Gasteiger partial charge in [0.1, 0.15) is 11.6 Å². The lowest BCUT2D eigenvalue weighted by Crippen LogP contribution is -2.30.